The number of carbonyl (C=O) groups is 1. The van der Waals surface area contributed by atoms with Crippen molar-refractivity contribution in [3.63, 3.8) is 0 Å². The summed E-state index contributed by atoms with van der Waals surface area (Å²) in [6.07, 6.45) is 2.85. The number of nitrogens with zero attached hydrogens (tertiary/aromatic N) is 5. The summed E-state index contributed by atoms with van der Waals surface area (Å²) >= 11 is 0. The van der Waals surface area contributed by atoms with Crippen molar-refractivity contribution in [2.24, 2.45) is 11.7 Å². The largest absolute Gasteiger partial charge is 0.367 e. The van der Waals surface area contributed by atoms with Crippen molar-refractivity contribution in [1.29, 1.82) is 0 Å². The van der Waals surface area contributed by atoms with E-state index < -0.39 is 28.8 Å². The molecule has 1 amide bonds. The minimum atomic E-state index is -0.971. The summed E-state index contributed by atoms with van der Waals surface area (Å²) in [4.78, 5) is 27.9. The molecular weight excluding hydrogens is 504 g/mol. The van der Waals surface area contributed by atoms with E-state index in [4.69, 9.17) is 10.8 Å². The third-order valence-corrected chi connectivity index (χ3v) is 7.56. The van der Waals surface area contributed by atoms with Gasteiger partial charge in [-0.2, -0.15) is 14.9 Å². The van der Waals surface area contributed by atoms with Crippen LogP contribution in [0.3, 0.4) is 0 Å². The number of rotatable bonds is 6. The highest BCUT2D eigenvalue weighted by Gasteiger charge is 2.31. The second-order valence-electron chi connectivity index (χ2n) is 10.7. The number of carbonyl (C=O) groups excluding carboxylic acids is 1. The van der Waals surface area contributed by atoms with Crippen molar-refractivity contribution in [2.75, 3.05) is 23.3 Å². The predicted octanol–water partition coefficient (Wildman–Crippen LogP) is 4.04. The van der Waals surface area contributed by atoms with Crippen LogP contribution < -0.4 is 21.5 Å². The Bertz CT molecular complexity index is 1600. The van der Waals surface area contributed by atoms with Gasteiger partial charge >= 0.3 is 0 Å². The number of nitrogens with one attached hydrogen (secondary N) is 1. The number of hydrogen-bond donors (Lipinski definition) is 2. The number of nitrogens with two attached hydrogens (primary N) is 1. The lowest BCUT2D eigenvalue weighted by Crippen LogP contribution is -2.29. The molecule has 5 rings (SSSR count). The second kappa shape index (κ2) is 9.88. The Balaban J connectivity index is 1.57. The van der Waals surface area contributed by atoms with Gasteiger partial charge < -0.3 is 16.0 Å². The summed E-state index contributed by atoms with van der Waals surface area (Å²) in [5, 5.41) is 12.5. The summed E-state index contributed by atoms with van der Waals surface area (Å²) in [5.74, 6) is -2.34. The molecule has 9 nitrogen and oxygen atoms in total. The Hall–Kier alpha value is -4.12. The highest BCUT2D eigenvalue weighted by Crippen LogP contribution is 2.38. The van der Waals surface area contributed by atoms with Crippen LogP contribution in [0.5, 0.6) is 0 Å². The van der Waals surface area contributed by atoms with Crippen molar-refractivity contribution in [3.05, 3.63) is 76.3 Å². The summed E-state index contributed by atoms with van der Waals surface area (Å²) in [5.41, 5.74) is 6.60. The smallest absolute Gasteiger partial charge is 0.276 e. The van der Waals surface area contributed by atoms with Crippen molar-refractivity contribution >= 4 is 28.2 Å². The Morgan fingerprint density at radius 1 is 1.08 bits per heavy atom. The Kier molecular flexibility index (Phi) is 6.71. The maximum atomic E-state index is 14.4. The standard InChI is InChI=1S/C28H31F2N7O2/c1-5-28(3,4)36-14-17-21(33-36)9-10-22(25(17)35-13-16(2)20(31)15-35)32-27(39)23-11-12-24(38)37(34-23)26-18(29)7-6-8-19(26)30/h6-12,14,16,20H,5,13,15,31H2,1-4H3,(H,32,39)/t16-,20+/m1/s1. The van der Waals surface area contributed by atoms with Crippen molar-refractivity contribution in [2.45, 2.75) is 45.7 Å². The lowest BCUT2D eigenvalue weighted by Gasteiger charge is -2.24. The summed E-state index contributed by atoms with van der Waals surface area (Å²) in [7, 11) is 0. The molecule has 1 saturated heterocycles. The number of aromatic nitrogens is 4. The van der Waals surface area contributed by atoms with Crippen LogP contribution in [-0.4, -0.2) is 44.6 Å². The Labute approximate surface area is 224 Å². The van der Waals surface area contributed by atoms with Crippen LogP contribution >= 0.6 is 0 Å². The fourth-order valence-electron chi connectivity index (χ4n) is 4.74. The molecule has 3 N–H and O–H groups in total. The molecule has 2 aromatic heterocycles. The van der Waals surface area contributed by atoms with Crippen molar-refractivity contribution in [1.82, 2.24) is 19.6 Å². The van der Waals surface area contributed by atoms with Crippen LogP contribution in [0.25, 0.3) is 16.6 Å². The molecule has 0 spiro atoms. The first kappa shape index (κ1) is 26.5. The molecule has 1 aliphatic rings. The lowest BCUT2D eigenvalue weighted by molar-refractivity contribution is 0.102. The average Bonchev–Trinajstić information content (AvgIpc) is 3.48. The predicted molar refractivity (Wildman–Crippen MR) is 146 cm³/mol. The quantitative estimate of drug-likeness (QED) is 0.386. The normalized spacial score (nSPS) is 17.7. The molecule has 0 unspecified atom stereocenters. The number of benzene rings is 2. The number of para-hydroxylation sites is 1. The summed E-state index contributed by atoms with van der Waals surface area (Å²) in [6.45, 7) is 9.69. The molecule has 1 aliphatic heterocycles. The average molecular weight is 536 g/mol. The number of halogens is 2. The van der Waals surface area contributed by atoms with Gasteiger partial charge in [0.05, 0.1) is 22.4 Å². The Morgan fingerprint density at radius 2 is 1.79 bits per heavy atom. The van der Waals surface area contributed by atoms with E-state index in [1.165, 1.54) is 12.1 Å². The van der Waals surface area contributed by atoms with Gasteiger partial charge in [0.1, 0.15) is 11.4 Å². The van der Waals surface area contributed by atoms with E-state index in [-0.39, 0.29) is 23.2 Å². The lowest BCUT2D eigenvalue weighted by atomic mass is 10.0. The van der Waals surface area contributed by atoms with Crippen LogP contribution in [0.15, 0.2) is 53.5 Å². The van der Waals surface area contributed by atoms with Gasteiger partial charge in [0.25, 0.3) is 11.5 Å². The third-order valence-electron chi connectivity index (χ3n) is 7.56. The number of anilines is 2. The van der Waals surface area contributed by atoms with Crippen LogP contribution in [0, 0.1) is 17.6 Å². The third kappa shape index (κ3) is 4.78. The molecule has 4 aromatic rings. The molecule has 3 heterocycles. The molecule has 1 fully saturated rings. The van der Waals surface area contributed by atoms with Gasteiger partial charge in [-0.3, -0.25) is 14.3 Å². The molecule has 0 radical (unpaired) electrons. The number of amides is 1. The van der Waals surface area contributed by atoms with Crippen LogP contribution in [0.4, 0.5) is 20.2 Å². The summed E-state index contributed by atoms with van der Waals surface area (Å²) < 4.78 is 31.3. The van der Waals surface area contributed by atoms with Gasteiger partial charge in [0.2, 0.25) is 0 Å². The maximum Gasteiger partial charge on any atom is 0.276 e. The van der Waals surface area contributed by atoms with E-state index in [0.717, 1.165) is 41.2 Å². The molecule has 0 aliphatic carbocycles. The molecule has 2 aromatic carbocycles. The molecule has 11 heteroatoms. The highest BCUT2D eigenvalue weighted by molar-refractivity contribution is 6.08. The zero-order valence-corrected chi connectivity index (χ0v) is 22.3. The first-order valence-corrected chi connectivity index (χ1v) is 12.9. The van der Waals surface area contributed by atoms with Crippen molar-refractivity contribution in [3.8, 4) is 5.69 Å². The molecule has 204 valence electrons. The van der Waals surface area contributed by atoms with Gasteiger partial charge in [-0.25, -0.2) is 8.78 Å². The Morgan fingerprint density at radius 3 is 2.44 bits per heavy atom. The van der Waals surface area contributed by atoms with Gasteiger partial charge in [-0.05, 0) is 56.5 Å². The van der Waals surface area contributed by atoms with E-state index in [0.29, 0.717) is 23.5 Å². The number of hydrogen-bond acceptors (Lipinski definition) is 6. The van der Waals surface area contributed by atoms with Crippen LogP contribution in [0.1, 0.15) is 44.6 Å². The molecule has 0 bridgehead atoms. The van der Waals surface area contributed by atoms with E-state index in [9.17, 15) is 18.4 Å². The topological polar surface area (TPSA) is 111 Å². The molecule has 2 atom stereocenters. The molecule has 0 saturated carbocycles. The van der Waals surface area contributed by atoms with Crippen LogP contribution in [-0.2, 0) is 5.54 Å². The minimum absolute atomic E-state index is 0.0353. The van der Waals surface area contributed by atoms with Gasteiger partial charge in [-0.1, -0.05) is 19.9 Å². The maximum absolute atomic E-state index is 14.4. The zero-order valence-electron chi connectivity index (χ0n) is 22.3. The van der Waals surface area contributed by atoms with E-state index >= 15 is 0 Å². The van der Waals surface area contributed by atoms with Gasteiger partial charge in [0, 0.05) is 36.8 Å². The van der Waals surface area contributed by atoms with Gasteiger partial charge in [0.15, 0.2) is 11.6 Å². The zero-order chi connectivity index (χ0) is 28.1. The first-order valence-electron chi connectivity index (χ1n) is 12.9. The second-order valence-corrected chi connectivity index (χ2v) is 10.7. The molecular formula is C28H31F2N7O2. The van der Waals surface area contributed by atoms with E-state index in [2.05, 4.69) is 43.0 Å². The molecule has 39 heavy (non-hydrogen) atoms. The fourth-order valence-corrected chi connectivity index (χ4v) is 4.74. The first-order chi connectivity index (χ1) is 18.5. The van der Waals surface area contributed by atoms with Gasteiger partial charge in [-0.15, -0.1) is 0 Å². The highest BCUT2D eigenvalue weighted by atomic mass is 19.1. The minimum Gasteiger partial charge on any atom is -0.367 e. The van der Waals surface area contributed by atoms with E-state index in [1.54, 1.807) is 6.07 Å². The monoisotopic (exact) mass is 535 g/mol. The van der Waals surface area contributed by atoms with Crippen LogP contribution in [0.2, 0.25) is 0 Å². The summed E-state index contributed by atoms with van der Waals surface area (Å²) in [6, 6.07) is 9.06. The SMILES string of the molecule is CCC(C)(C)n1cc2c(N3C[C@@H](C)[C@@H](N)C3)c(NC(=O)c3ccc(=O)n(-c4c(F)cccc4F)n3)ccc2n1. The number of fused-ring (bicyclic) bond motifs is 1. The van der Waals surface area contributed by atoms with E-state index in [1.807, 2.05) is 16.9 Å². The van der Waals surface area contributed by atoms with Crippen molar-refractivity contribution < 1.29 is 13.6 Å². The fraction of sp³-hybridized carbons (Fsp3) is 0.357.